The molecule has 4 nitrogen and oxygen atoms in total. The molecule has 1 amide bonds. The minimum Gasteiger partial charge on any atom is -0.359 e. The summed E-state index contributed by atoms with van der Waals surface area (Å²) in [5.41, 5.74) is 8.28. The van der Waals surface area contributed by atoms with Gasteiger partial charge in [0.15, 0.2) is 0 Å². The number of halogens is 3. The normalized spacial score (nSPS) is 19.2. The highest BCUT2D eigenvalue weighted by Crippen LogP contribution is 2.40. The van der Waals surface area contributed by atoms with Crippen LogP contribution in [-0.4, -0.2) is 10.9 Å². The van der Waals surface area contributed by atoms with Gasteiger partial charge in [-0.25, -0.2) is 4.39 Å². The Hall–Kier alpha value is -1.70. The molecule has 1 aromatic heterocycles. The molecule has 1 aliphatic rings. The Balaban J connectivity index is 1.70. The van der Waals surface area contributed by atoms with Crippen molar-refractivity contribution in [3.8, 4) is 0 Å². The zero-order valence-electron chi connectivity index (χ0n) is 13.0. The highest BCUT2D eigenvalue weighted by Gasteiger charge is 2.43. The van der Waals surface area contributed by atoms with E-state index in [2.05, 4.69) is 42.2 Å². The van der Waals surface area contributed by atoms with Gasteiger partial charge in [0.25, 0.3) is 0 Å². The van der Waals surface area contributed by atoms with E-state index in [0.29, 0.717) is 28.6 Å². The summed E-state index contributed by atoms with van der Waals surface area (Å²) < 4.78 is 15.1. The first-order chi connectivity index (χ1) is 11.9. The SMILES string of the molecule is NC1(C(=O)Nc2c[nH]c3ccc(Br)cc23)CCc2c1ccc(F)c2Br. The van der Waals surface area contributed by atoms with Crippen LogP contribution in [0.25, 0.3) is 10.9 Å². The summed E-state index contributed by atoms with van der Waals surface area (Å²) in [5.74, 6) is -0.643. The lowest BCUT2D eigenvalue weighted by Crippen LogP contribution is -2.46. The Morgan fingerprint density at radius 1 is 1.28 bits per heavy atom. The van der Waals surface area contributed by atoms with Crippen molar-refractivity contribution in [2.45, 2.75) is 18.4 Å². The van der Waals surface area contributed by atoms with Crippen LogP contribution in [0.15, 0.2) is 45.5 Å². The highest BCUT2D eigenvalue weighted by molar-refractivity contribution is 9.10. The van der Waals surface area contributed by atoms with Crippen molar-refractivity contribution in [3.63, 3.8) is 0 Å². The third-order valence-corrected chi connectivity index (χ3v) is 6.09. The minimum atomic E-state index is -1.18. The molecule has 4 rings (SSSR count). The predicted octanol–water partition coefficient (Wildman–Crippen LogP) is 4.57. The fourth-order valence-electron chi connectivity index (χ4n) is 3.38. The molecule has 25 heavy (non-hydrogen) atoms. The van der Waals surface area contributed by atoms with Gasteiger partial charge in [-0.3, -0.25) is 4.79 Å². The van der Waals surface area contributed by atoms with Gasteiger partial charge in [-0.1, -0.05) is 22.0 Å². The summed E-state index contributed by atoms with van der Waals surface area (Å²) in [6.45, 7) is 0. The zero-order valence-corrected chi connectivity index (χ0v) is 16.2. The van der Waals surface area contributed by atoms with E-state index < -0.39 is 5.54 Å². The Morgan fingerprint density at radius 3 is 2.88 bits per heavy atom. The largest absolute Gasteiger partial charge is 0.359 e. The number of amides is 1. The molecule has 0 saturated heterocycles. The van der Waals surface area contributed by atoms with E-state index in [1.807, 2.05) is 18.2 Å². The zero-order chi connectivity index (χ0) is 17.8. The molecule has 1 aliphatic carbocycles. The van der Waals surface area contributed by atoms with Gasteiger partial charge in [0.1, 0.15) is 11.4 Å². The fourth-order valence-corrected chi connectivity index (χ4v) is 4.28. The lowest BCUT2D eigenvalue weighted by atomic mass is 9.92. The number of carbonyl (C=O) groups is 1. The first kappa shape index (κ1) is 16.8. The molecular formula is C18H14Br2FN3O. The fraction of sp³-hybridized carbons (Fsp3) is 0.167. The first-order valence-electron chi connectivity index (χ1n) is 7.74. The Kier molecular flexibility index (Phi) is 3.97. The van der Waals surface area contributed by atoms with E-state index >= 15 is 0 Å². The van der Waals surface area contributed by atoms with Crippen molar-refractivity contribution in [1.82, 2.24) is 4.98 Å². The molecule has 0 saturated carbocycles. The van der Waals surface area contributed by atoms with E-state index in [1.165, 1.54) is 6.07 Å². The summed E-state index contributed by atoms with van der Waals surface area (Å²) in [6.07, 6.45) is 2.73. The summed E-state index contributed by atoms with van der Waals surface area (Å²) in [5, 5.41) is 3.82. The topological polar surface area (TPSA) is 70.9 Å². The van der Waals surface area contributed by atoms with Crippen molar-refractivity contribution < 1.29 is 9.18 Å². The van der Waals surface area contributed by atoms with E-state index in [4.69, 9.17) is 5.73 Å². The summed E-state index contributed by atoms with van der Waals surface area (Å²) in [4.78, 5) is 16.1. The van der Waals surface area contributed by atoms with E-state index in [0.717, 1.165) is 20.9 Å². The highest BCUT2D eigenvalue weighted by atomic mass is 79.9. The number of benzene rings is 2. The van der Waals surface area contributed by atoms with Gasteiger partial charge in [0.2, 0.25) is 5.91 Å². The number of anilines is 1. The minimum absolute atomic E-state index is 0.300. The van der Waals surface area contributed by atoms with Crippen LogP contribution in [0, 0.1) is 5.82 Å². The van der Waals surface area contributed by atoms with Crippen molar-refractivity contribution in [2.24, 2.45) is 5.73 Å². The molecule has 2 aromatic carbocycles. The molecule has 0 bridgehead atoms. The van der Waals surface area contributed by atoms with E-state index in [9.17, 15) is 9.18 Å². The Labute approximate surface area is 160 Å². The van der Waals surface area contributed by atoms with Crippen LogP contribution in [0.4, 0.5) is 10.1 Å². The van der Waals surface area contributed by atoms with Crippen LogP contribution in [0.1, 0.15) is 17.5 Å². The molecule has 0 fully saturated rings. The molecule has 1 atom stereocenters. The maximum absolute atomic E-state index is 13.7. The van der Waals surface area contributed by atoms with Gasteiger partial charge in [0.05, 0.1) is 10.2 Å². The number of hydrogen-bond donors (Lipinski definition) is 3. The molecule has 4 N–H and O–H groups in total. The molecular weight excluding hydrogens is 453 g/mol. The van der Waals surface area contributed by atoms with Crippen LogP contribution < -0.4 is 11.1 Å². The monoisotopic (exact) mass is 465 g/mol. The maximum atomic E-state index is 13.7. The molecule has 7 heteroatoms. The van der Waals surface area contributed by atoms with Gasteiger partial charge in [-0.05, 0) is 64.2 Å². The number of aromatic nitrogens is 1. The third kappa shape index (κ3) is 2.61. The number of aromatic amines is 1. The summed E-state index contributed by atoms with van der Waals surface area (Å²) in [7, 11) is 0. The quantitative estimate of drug-likeness (QED) is 0.517. The maximum Gasteiger partial charge on any atom is 0.249 e. The third-order valence-electron chi connectivity index (χ3n) is 4.74. The predicted molar refractivity (Wildman–Crippen MR) is 103 cm³/mol. The first-order valence-corrected chi connectivity index (χ1v) is 9.33. The standard InChI is InChI=1S/C18H14Br2FN3O/c19-9-1-4-14-11(7-9)15(8-23-14)24-17(25)18(22)6-5-10-12(18)2-3-13(21)16(10)20/h1-4,7-8,23H,5-6,22H2,(H,24,25). The van der Waals surface area contributed by atoms with Gasteiger partial charge < -0.3 is 16.0 Å². The van der Waals surface area contributed by atoms with Crippen LogP contribution in [0.2, 0.25) is 0 Å². The second kappa shape index (κ2) is 5.93. The number of H-pyrrole nitrogens is 1. The average Bonchev–Trinajstić information content (AvgIpc) is 3.14. The van der Waals surface area contributed by atoms with Crippen molar-refractivity contribution >= 4 is 54.4 Å². The number of nitrogens with one attached hydrogen (secondary N) is 2. The van der Waals surface area contributed by atoms with Crippen LogP contribution in [-0.2, 0) is 16.8 Å². The van der Waals surface area contributed by atoms with Crippen molar-refractivity contribution in [1.29, 1.82) is 0 Å². The van der Waals surface area contributed by atoms with Gasteiger partial charge in [-0.2, -0.15) is 0 Å². The van der Waals surface area contributed by atoms with Crippen LogP contribution >= 0.6 is 31.9 Å². The number of rotatable bonds is 2. The number of carbonyl (C=O) groups excluding carboxylic acids is 1. The second-order valence-electron chi connectivity index (χ2n) is 6.21. The molecule has 3 aromatic rings. The van der Waals surface area contributed by atoms with Crippen molar-refractivity contribution in [2.75, 3.05) is 5.32 Å². The van der Waals surface area contributed by atoms with Gasteiger partial charge in [0, 0.05) is 21.6 Å². The van der Waals surface area contributed by atoms with E-state index in [1.54, 1.807) is 12.3 Å². The number of nitrogens with two attached hydrogens (primary N) is 1. The number of fused-ring (bicyclic) bond motifs is 2. The van der Waals surface area contributed by atoms with Gasteiger partial charge in [-0.15, -0.1) is 0 Å². The van der Waals surface area contributed by atoms with Crippen LogP contribution in [0.3, 0.4) is 0 Å². The van der Waals surface area contributed by atoms with Crippen LogP contribution in [0.5, 0.6) is 0 Å². The summed E-state index contributed by atoms with van der Waals surface area (Å²) in [6, 6.07) is 8.73. The second-order valence-corrected chi connectivity index (χ2v) is 7.91. The lowest BCUT2D eigenvalue weighted by molar-refractivity contribution is -0.121. The molecule has 0 aliphatic heterocycles. The summed E-state index contributed by atoms with van der Waals surface area (Å²) >= 11 is 6.70. The number of hydrogen-bond acceptors (Lipinski definition) is 2. The van der Waals surface area contributed by atoms with Gasteiger partial charge >= 0.3 is 0 Å². The molecule has 1 heterocycles. The Morgan fingerprint density at radius 2 is 2.08 bits per heavy atom. The average molecular weight is 467 g/mol. The molecule has 0 radical (unpaired) electrons. The molecule has 0 spiro atoms. The Bertz CT molecular complexity index is 1020. The lowest BCUT2D eigenvalue weighted by Gasteiger charge is -2.24. The molecule has 1 unspecified atom stereocenters. The molecule has 128 valence electrons. The van der Waals surface area contributed by atoms with E-state index in [-0.39, 0.29) is 11.7 Å². The van der Waals surface area contributed by atoms with Crippen molar-refractivity contribution in [3.05, 3.63) is 62.4 Å². The smallest absolute Gasteiger partial charge is 0.249 e.